The Morgan fingerprint density at radius 3 is 1.56 bits per heavy atom. The SMILES string of the molecule is CC(C)C1=C[C+]=CC(C(C)C)=C1N.CC(C)c1cccc(C(C)C)c1Cc1ccccc1[N+](=O)[O-].COc1cccc(OC)c1-c1ccccc1P(C1CCCCC1)C1CCCCC1.O=CO[O-].O=[N+]([O-])c1ccccc1Br.[Cs+].[Cs+].[H-]. The van der Waals surface area contributed by atoms with E-state index in [2.05, 4.69) is 137 Å². The van der Waals surface area contributed by atoms with Gasteiger partial charge < -0.3 is 26.8 Å². The fraction of sp³-hybridized carbons (Fsp3) is 0.422. The van der Waals surface area contributed by atoms with Gasteiger partial charge in [0.15, 0.2) is 5.70 Å². The van der Waals surface area contributed by atoms with Crippen LogP contribution in [0.5, 0.6) is 11.5 Å². The van der Waals surface area contributed by atoms with Crippen LogP contribution in [0.3, 0.4) is 0 Å². The van der Waals surface area contributed by atoms with Crippen LogP contribution in [-0.4, -0.2) is 41.9 Å². The summed E-state index contributed by atoms with van der Waals surface area (Å²) in [5, 5.41) is 31.5. The minimum atomic E-state index is -0.427. The van der Waals surface area contributed by atoms with E-state index in [-0.39, 0.29) is 170 Å². The van der Waals surface area contributed by atoms with E-state index < -0.39 is 4.92 Å². The second kappa shape index (κ2) is 39.5. The summed E-state index contributed by atoms with van der Waals surface area (Å²) in [6.07, 6.45) is 21.9. The number of nitrogens with zero attached hydrogens (tertiary/aromatic N) is 2. The number of allylic oxidation sites excluding steroid dienone is 5. The van der Waals surface area contributed by atoms with Gasteiger partial charge in [0, 0.05) is 42.0 Å². The molecule has 0 spiro atoms. The number of methoxy groups -OCH3 is 2. The number of para-hydroxylation sites is 2. The molecule has 2 N–H and O–H groups in total. The van der Waals surface area contributed by atoms with Gasteiger partial charge in [0.2, 0.25) is 0 Å². The van der Waals surface area contributed by atoms with Gasteiger partial charge in [0.25, 0.3) is 17.8 Å². The minimum absolute atomic E-state index is 0. The van der Waals surface area contributed by atoms with E-state index >= 15 is 0 Å². The van der Waals surface area contributed by atoms with Gasteiger partial charge in [-0.3, -0.25) is 25.0 Å². The van der Waals surface area contributed by atoms with Gasteiger partial charge in [-0.25, -0.2) is 0 Å². The summed E-state index contributed by atoms with van der Waals surface area (Å²) < 4.78 is 12.1. The zero-order chi connectivity index (χ0) is 57.3. The first-order valence-electron chi connectivity index (χ1n) is 27.2. The number of carbonyl (C=O) groups excluding carboxylic acids is 1. The Morgan fingerprint density at radius 2 is 1.12 bits per heavy atom. The molecule has 12 nitrogen and oxygen atoms in total. The van der Waals surface area contributed by atoms with Gasteiger partial charge in [-0.1, -0.05) is 153 Å². The predicted octanol–water partition coefficient (Wildman–Crippen LogP) is 10.3. The van der Waals surface area contributed by atoms with Crippen LogP contribution in [0.1, 0.15) is 155 Å². The molecule has 0 amide bonds. The van der Waals surface area contributed by atoms with Crippen molar-refractivity contribution in [1.82, 2.24) is 0 Å². The molecule has 8 rings (SSSR count). The fourth-order valence-corrected chi connectivity index (χ4v) is 14.9. The maximum Gasteiger partial charge on any atom is 1.00 e. The number of nitrogens with two attached hydrogens (primary N) is 1. The first-order chi connectivity index (χ1) is 37.4. The average Bonchev–Trinajstić information content (AvgIpc) is 3.44. The van der Waals surface area contributed by atoms with E-state index in [0.29, 0.717) is 34.6 Å². The molecule has 80 heavy (non-hydrogen) atoms. The molecule has 0 bridgehead atoms. The van der Waals surface area contributed by atoms with Gasteiger partial charge in [0.05, 0.1) is 45.2 Å². The molecule has 5 aromatic carbocycles. The molecule has 0 unspecified atom stereocenters. The Morgan fingerprint density at radius 1 is 0.662 bits per heavy atom. The summed E-state index contributed by atoms with van der Waals surface area (Å²) in [6, 6.07) is 35.2. The largest absolute Gasteiger partial charge is 1.00 e. The van der Waals surface area contributed by atoms with Crippen LogP contribution < -0.4 is 164 Å². The van der Waals surface area contributed by atoms with Crippen LogP contribution in [0, 0.1) is 38.1 Å². The topological polar surface area (TPSA) is 180 Å². The normalized spacial score (nSPS) is 14.0. The van der Waals surface area contributed by atoms with Crippen molar-refractivity contribution in [3.63, 3.8) is 0 Å². The van der Waals surface area contributed by atoms with Gasteiger partial charge in [0.1, 0.15) is 23.7 Å². The summed E-state index contributed by atoms with van der Waals surface area (Å²) in [5.41, 5.74) is 18.6. The average molecular weight is 1410 g/mol. The molecule has 2 saturated carbocycles. The van der Waals surface area contributed by atoms with E-state index in [9.17, 15) is 20.2 Å². The molecule has 0 heterocycles. The van der Waals surface area contributed by atoms with Gasteiger partial charge in [-0.05, 0) is 138 Å². The first-order valence-corrected chi connectivity index (χ1v) is 29.5. The molecule has 2 fully saturated rings. The summed E-state index contributed by atoms with van der Waals surface area (Å²) in [4.78, 5) is 32.0. The zero-order valence-corrected chi connectivity index (χ0v) is 64.4. The molecule has 5 aromatic rings. The maximum absolute atomic E-state index is 11.3. The summed E-state index contributed by atoms with van der Waals surface area (Å²) in [5.74, 6) is 3.59. The molecule has 0 aromatic heterocycles. The zero-order valence-electron chi connectivity index (χ0n) is 50.3. The third-order valence-corrected chi connectivity index (χ3v) is 18.5. The van der Waals surface area contributed by atoms with Crippen molar-refractivity contribution < 1.29 is 173 Å². The summed E-state index contributed by atoms with van der Waals surface area (Å²) in [6.45, 7) is 17.1. The number of nitro groups is 2. The summed E-state index contributed by atoms with van der Waals surface area (Å²) in [7, 11) is 3.36. The molecule has 420 valence electrons. The van der Waals surface area contributed by atoms with Crippen LogP contribution >= 0.6 is 23.9 Å². The van der Waals surface area contributed by atoms with Gasteiger partial charge >= 0.3 is 138 Å². The fourth-order valence-electron chi connectivity index (χ4n) is 10.5. The van der Waals surface area contributed by atoms with Crippen molar-refractivity contribution in [2.24, 2.45) is 17.6 Å². The van der Waals surface area contributed by atoms with E-state index in [4.69, 9.17) is 25.3 Å². The Kier molecular flexibility index (Phi) is 36.5. The first kappa shape index (κ1) is 74.0. The van der Waals surface area contributed by atoms with E-state index in [1.54, 1.807) is 49.9 Å². The van der Waals surface area contributed by atoms with Crippen molar-refractivity contribution in [3.8, 4) is 22.6 Å². The number of hydrogen-bond donors (Lipinski definition) is 1. The smallest absolute Gasteiger partial charge is 1.00 e. The molecule has 3 aliphatic rings. The van der Waals surface area contributed by atoms with Crippen molar-refractivity contribution in [2.75, 3.05) is 14.2 Å². The molecule has 16 heteroatoms. The number of halogens is 1. The number of ether oxygens (including phenoxy) is 2. The van der Waals surface area contributed by atoms with E-state index in [1.165, 1.54) is 104 Å². The van der Waals surface area contributed by atoms with E-state index in [1.807, 2.05) is 30.4 Å². The van der Waals surface area contributed by atoms with Crippen LogP contribution in [0.25, 0.3) is 11.1 Å². The van der Waals surface area contributed by atoms with Gasteiger partial charge in [-0.15, -0.1) is 0 Å². The predicted molar refractivity (Wildman–Crippen MR) is 322 cm³/mol. The Balaban J connectivity index is 0.000000557. The molecule has 0 aliphatic heterocycles. The summed E-state index contributed by atoms with van der Waals surface area (Å²) >= 11 is 3.06. The molecular formula is C64H82BrCs2N3O9P+. The van der Waals surface area contributed by atoms with Crippen LogP contribution in [0.4, 0.5) is 11.4 Å². The molecule has 0 atom stereocenters. The van der Waals surface area contributed by atoms with Crippen molar-refractivity contribution in [1.29, 1.82) is 0 Å². The second-order valence-electron chi connectivity index (χ2n) is 20.8. The number of nitro benzene ring substituents is 2. The maximum atomic E-state index is 11.3. The Labute approximate surface area is 605 Å². The molecular weight excluding hydrogens is 1330 g/mol. The third kappa shape index (κ3) is 22.4. The van der Waals surface area contributed by atoms with Crippen molar-refractivity contribution in [3.05, 3.63) is 191 Å². The van der Waals surface area contributed by atoms with Crippen LogP contribution in [-0.2, 0) is 16.1 Å². The second-order valence-corrected chi connectivity index (χ2v) is 24.4. The Bertz CT molecular complexity index is 2750. The van der Waals surface area contributed by atoms with Crippen LogP contribution in [0.15, 0.2) is 143 Å². The number of rotatable bonds is 15. The number of carbonyl (C=O) groups is 1. The van der Waals surface area contributed by atoms with Crippen molar-refractivity contribution in [2.45, 2.75) is 149 Å². The third-order valence-electron chi connectivity index (χ3n) is 14.3. The standard InChI is InChI=1S/C26H35O2P.C19H23NO2.C12H18N.C6H4BrNO2.CH2O3.2Cs.H/c1-27-23-17-11-18-24(28-2)26(23)22-16-9-10-19-25(22)29(20-12-5-3-6-13-20)21-14-7-4-8-15-21;1-13(2)16-9-7-10-17(14(3)4)18(16)12-15-8-5-6-11-19(15)20(21)22;1-8(2)10-6-5-7-11(9(3)4)12(10)13;7-5-3-1-2-4-6(5)8(9)10;2-1-4-3;;;/h9-11,16-21H,3-8,12-15H2,1-2H3;5-11,13-14H,12H2,1-4H3;6-9H,13H2,1-4H3;1-4H;1,3H;;;/q;;+1;;;2*+1;-1/p-1. The molecule has 3 aliphatic carbocycles. The Hall–Kier alpha value is -2.13. The van der Waals surface area contributed by atoms with Crippen molar-refractivity contribution >= 4 is 47.0 Å². The molecule has 0 radical (unpaired) electrons. The van der Waals surface area contributed by atoms with E-state index in [0.717, 1.165) is 39.6 Å². The molecule has 0 saturated heterocycles. The number of benzene rings is 5. The van der Waals surface area contributed by atoms with Gasteiger partial charge in [-0.2, -0.15) is 0 Å². The quantitative estimate of drug-likeness (QED) is 0.0265. The monoisotopic (exact) mass is 1410 g/mol. The number of hydrogen-bond acceptors (Lipinski definition) is 10. The van der Waals surface area contributed by atoms with Crippen LogP contribution in [0.2, 0.25) is 0 Å². The minimum Gasteiger partial charge on any atom is -1.00 e.